The molecule has 2 aromatic carbocycles. The van der Waals surface area contributed by atoms with E-state index in [0.717, 1.165) is 10.9 Å². The van der Waals surface area contributed by atoms with Crippen LogP contribution >= 0.6 is 0 Å². The minimum atomic E-state index is -0.290. The second kappa shape index (κ2) is 8.02. The van der Waals surface area contributed by atoms with Gasteiger partial charge in [0.1, 0.15) is 11.3 Å². The average Bonchev–Trinajstić information content (AvgIpc) is 3.42. The van der Waals surface area contributed by atoms with Crippen LogP contribution in [-0.2, 0) is 6.54 Å². The molecule has 0 spiro atoms. The van der Waals surface area contributed by atoms with Crippen molar-refractivity contribution in [3.63, 3.8) is 0 Å². The maximum atomic E-state index is 12.9. The summed E-state index contributed by atoms with van der Waals surface area (Å²) in [5.41, 5.74) is 2.62. The molecule has 7 nitrogen and oxygen atoms in total. The lowest BCUT2D eigenvalue weighted by Crippen LogP contribution is -2.29. The molecule has 7 heteroatoms. The van der Waals surface area contributed by atoms with Crippen LogP contribution in [0.1, 0.15) is 33.5 Å². The van der Waals surface area contributed by atoms with Crippen molar-refractivity contribution in [1.29, 1.82) is 0 Å². The summed E-state index contributed by atoms with van der Waals surface area (Å²) in [6, 6.07) is 16.8. The zero-order valence-corrected chi connectivity index (χ0v) is 15.9. The highest BCUT2D eigenvalue weighted by Gasteiger charge is 2.19. The van der Waals surface area contributed by atoms with Crippen LogP contribution < -0.4 is 5.32 Å². The third-order valence-electron chi connectivity index (χ3n) is 4.61. The summed E-state index contributed by atoms with van der Waals surface area (Å²) in [4.78, 5) is 33.4. The van der Waals surface area contributed by atoms with Crippen molar-refractivity contribution in [1.82, 2.24) is 14.9 Å². The molecular formula is C22H20N4O3. The quantitative estimate of drug-likeness (QED) is 0.521. The fourth-order valence-electron chi connectivity index (χ4n) is 3.09. The lowest BCUT2D eigenvalue weighted by atomic mass is 10.2. The third kappa shape index (κ3) is 4.03. The lowest BCUT2D eigenvalue weighted by molar-refractivity contribution is 0.0722. The Morgan fingerprint density at radius 1 is 1.14 bits per heavy atom. The van der Waals surface area contributed by atoms with Crippen molar-refractivity contribution < 1.29 is 14.0 Å². The van der Waals surface area contributed by atoms with E-state index in [0.29, 0.717) is 30.1 Å². The van der Waals surface area contributed by atoms with Gasteiger partial charge in [0.15, 0.2) is 5.76 Å². The van der Waals surface area contributed by atoms with Crippen LogP contribution in [0.2, 0.25) is 0 Å². The van der Waals surface area contributed by atoms with Gasteiger partial charge in [-0.2, -0.15) is 0 Å². The number of carbonyl (C=O) groups excluding carboxylic acids is 2. The van der Waals surface area contributed by atoms with E-state index in [1.165, 1.54) is 12.5 Å². The number of H-pyrrole nitrogens is 1. The minimum Gasteiger partial charge on any atom is -0.451 e. The molecule has 0 aliphatic carbocycles. The largest absolute Gasteiger partial charge is 0.451 e. The first-order chi connectivity index (χ1) is 14.1. The van der Waals surface area contributed by atoms with Gasteiger partial charge < -0.3 is 19.6 Å². The number of nitrogens with one attached hydrogen (secondary N) is 2. The fourth-order valence-corrected chi connectivity index (χ4v) is 3.09. The second-order valence-corrected chi connectivity index (χ2v) is 6.59. The molecule has 0 atom stereocenters. The number of hydrogen-bond donors (Lipinski definition) is 2. The van der Waals surface area contributed by atoms with Gasteiger partial charge in [-0.05, 0) is 36.8 Å². The zero-order chi connectivity index (χ0) is 20.2. The molecule has 0 fully saturated rings. The molecule has 0 aliphatic heterocycles. The van der Waals surface area contributed by atoms with E-state index >= 15 is 0 Å². The van der Waals surface area contributed by atoms with Crippen LogP contribution in [0.25, 0.3) is 11.0 Å². The molecule has 0 bridgehead atoms. The monoisotopic (exact) mass is 388 g/mol. The molecule has 2 aromatic heterocycles. The molecule has 2 heterocycles. The van der Waals surface area contributed by atoms with E-state index in [2.05, 4.69) is 15.3 Å². The Morgan fingerprint density at radius 3 is 2.69 bits per heavy atom. The SMILES string of the molecule is CCN(Cc1ccccc1)C(=O)c1cc2cc(NC(=O)c3cnc[nH]3)ccc2o1. The third-order valence-corrected chi connectivity index (χ3v) is 4.61. The van der Waals surface area contributed by atoms with Gasteiger partial charge in [0, 0.05) is 24.2 Å². The standard InChI is InChI=1S/C22H20N4O3/c1-2-26(13-15-6-4-3-5-7-15)22(28)20-11-16-10-17(8-9-19(16)29-20)25-21(27)18-12-23-14-24-18/h3-12,14H,2,13H2,1H3,(H,23,24)(H,25,27). The van der Waals surface area contributed by atoms with Gasteiger partial charge >= 0.3 is 0 Å². The normalized spacial score (nSPS) is 10.8. The molecule has 2 N–H and O–H groups in total. The Labute approximate surface area is 167 Å². The van der Waals surface area contributed by atoms with Gasteiger partial charge in [0.25, 0.3) is 11.8 Å². The van der Waals surface area contributed by atoms with Gasteiger partial charge in [0.05, 0.1) is 12.5 Å². The number of aromatic amines is 1. The zero-order valence-electron chi connectivity index (χ0n) is 15.9. The molecule has 0 saturated carbocycles. The van der Waals surface area contributed by atoms with E-state index < -0.39 is 0 Å². The van der Waals surface area contributed by atoms with Crippen molar-refractivity contribution in [3.05, 3.63) is 84.1 Å². The lowest BCUT2D eigenvalue weighted by Gasteiger charge is -2.19. The summed E-state index contributed by atoms with van der Waals surface area (Å²) in [5.74, 6) is -0.188. The number of amides is 2. The molecule has 2 amide bonds. The van der Waals surface area contributed by atoms with E-state index in [4.69, 9.17) is 4.42 Å². The number of aromatic nitrogens is 2. The minimum absolute atomic E-state index is 0.171. The fraction of sp³-hybridized carbons (Fsp3) is 0.136. The van der Waals surface area contributed by atoms with Gasteiger partial charge in [-0.15, -0.1) is 0 Å². The van der Waals surface area contributed by atoms with Crippen molar-refractivity contribution in [2.75, 3.05) is 11.9 Å². The highest BCUT2D eigenvalue weighted by molar-refractivity contribution is 6.04. The van der Waals surface area contributed by atoms with Crippen molar-refractivity contribution in [3.8, 4) is 0 Å². The van der Waals surface area contributed by atoms with Gasteiger partial charge in [-0.1, -0.05) is 30.3 Å². The number of benzene rings is 2. The first kappa shape index (κ1) is 18.5. The Balaban J connectivity index is 1.53. The second-order valence-electron chi connectivity index (χ2n) is 6.59. The number of furan rings is 1. The summed E-state index contributed by atoms with van der Waals surface area (Å²) in [6.07, 6.45) is 2.90. The van der Waals surface area contributed by atoms with Crippen LogP contribution in [0.15, 0.2) is 71.5 Å². The van der Waals surface area contributed by atoms with Crippen molar-refractivity contribution >= 4 is 28.5 Å². The first-order valence-electron chi connectivity index (χ1n) is 9.30. The number of imidazole rings is 1. The number of nitrogens with zero attached hydrogens (tertiary/aromatic N) is 2. The number of hydrogen-bond acceptors (Lipinski definition) is 4. The Morgan fingerprint density at radius 2 is 1.97 bits per heavy atom. The molecule has 4 rings (SSSR count). The highest BCUT2D eigenvalue weighted by Crippen LogP contribution is 2.24. The van der Waals surface area contributed by atoms with Crippen LogP contribution in [-0.4, -0.2) is 33.2 Å². The summed E-state index contributed by atoms with van der Waals surface area (Å²) >= 11 is 0. The van der Waals surface area contributed by atoms with E-state index in [9.17, 15) is 9.59 Å². The molecule has 146 valence electrons. The van der Waals surface area contributed by atoms with Crippen LogP contribution in [0.5, 0.6) is 0 Å². The average molecular weight is 388 g/mol. The Hall–Kier alpha value is -3.87. The number of carbonyl (C=O) groups is 2. The van der Waals surface area contributed by atoms with Crippen molar-refractivity contribution in [2.24, 2.45) is 0 Å². The molecular weight excluding hydrogens is 368 g/mol. The molecule has 29 heavy (non-hydrogen) atoms. The number of rotatable bonds is 6. The highest BCUT2D eigenvalue weighted by atomic mass is 16.3. The molecule has 0 aliphatic rings. The Kier molecular flexibility index (Phi) is 5.11. The predicted molar refractivity (Wildman–Crippen MR) is 110 cm³/mol. The molecule has 0 radical (unpaired) electrons. The predicted octanol–water partition coefficient (Wildman–Crippen LogP) is 4.07. The number of fused-ring (bicyclic) bond motifs is 1. The summed E-state index contributed by atoms with van der Waals surface area (Å²) in [7, 11) is 0. The molecule has 0 saturated heterocycles. The maximum Gasteiger partial charge on any atom is 0.289 e. The van der Waals surface area contributed by atoms with Gasteiger partial charge in [-0.25, -0.2) is 4.98 Å². The van der Waals surface area contributed by atoms with E-state index in [-0.39, 0.29) is 17.6 Å². The maximum absolute atomic E-state index is 12.9. The smallest absolute Gasteiger partial charge is 0.289 e. The van der Waals surface area contributed by atoms with E-state index in [1.54, 1.807) is 29.2 Å². The van der Waals surface area contributed by atoms with Crippen molar-refractivity contribution in [2.45, 2.75) is 13.5 Å². The summed E-state index contributed by atoms with van der Waals surface area (Å²) in [6.45, 7) is 3.02. The first-order valence-corrected chi connectivity index (χ1v) is 9.30. The Bertz CT molecular complexity index is 1130. The van der Waals surface area contributed by atoms with E-state index in [1.807, 2.05) is 37.3 Å². The van der Waals surface area contributed by atoms with Crippen LogP contribution in [0.3, 0.4) is 0 Å². The summed E-state index contributed by atoms with van der Waals surface area (Å²) < 4.78 is 5.76. The van der Waals surface area contributed by atoms with Gasteiger partial charge in [-0.3, -0.25) is 9.59 Å². The van der Waals surface area contributed by atoms with Crippen LogP contribution in [0, 0.1) is 0 Å². The van der Waals surface area contributed by atoms with Gasteiger partial charge in [0.2, 0.25) is 0 Å². The summed E-state index contributed by atoms with van der Waals surface area (Å²) in [5, 5.41) is 3.54. The van der Waals surface area contributed by atoms with Crippen LogP contribution in [0.4, 0.5) is 5.69 Å². The topological polar surface area (TPSA) is 91.2 Å². The molecule has 4 aromatic rings. The number of anilines is 1. The molecule has 0 unspecified atom stereocenters.